The number of methoxy groups -OCH3 is 1. The Hall–Kier alpha value is -1.02. The van der Waals surface area contributed by atoms with Gasteiger partial charge in [-0.3, -0.25) is 0 Å². The van der Waals surface area contributed by atoms with Crippen LogP contribution in [0.2, 0.25) is 0 Å². The summed E-state index contributed by atoms with van der Waals surface area (Å²) in [7, 11) is 1.68. The van der Waals surface area contributed by atoms with Crippen LogP contribution < -0.4 is 4.74 Å². The van der Waals surface area contributed by atoms with Gasteiger partial charge in [-0.25, -0.2) is 0 Å². The molecule has 2 heteroatoms. The average molecular weight is 206 g/mol. The molecule has 1 N–H and O–H groups in total. The van der Waals surface area contributed by atoms with Gasteiger partial charge in [0.15, 0.2) is 0 Å². The summed E-state index contributed by atoms with van der Waals surface area (Å²) >= 11 is 0. The third kappa shape index (κ3) is 2.32. The molecule has 15 heavy (non-hydrogen) atoms. The number of ether oxygens (including phenoxy) is 1. The average Bonchev–Trinajstić information content (AvgIpc) is 2.30. The molecule has 0 amide bonds. The van der Waals surface area contributed by atoms with Crippen LogP contribution >= 0.6 is 0 Å². The van der Waals surface area contributed by atoms with E-state index in [9.17, 15) is 5.11 Å². The monoisotopic (exact) mass is 206 g/mol. The molecule has 1 aromatic rings. The molecule has 0 heterocycles. The van der Waals surface area contributed by atoms with E-state index in [0.29, 0.717) is 5.92 Å². The zero-order valence-electron chi connectivity index (χ0n) is 9.15. The largest absolute Gasteiger partial charge is 0.497 e. The first-order valence-electron chi connectivity index (χ1n) is 5.63. The number of aliphatic hydroxyl groups is 1. The van der Waals surface area contributed by atoms with Gasteiger partial charge in [0, 0.05) is 5.92 Å². The molecule has 2 rings (SSSR count). The van der Waals surface area contributed by atoms with Gasteiger partial charge in [0.05, 0.1) is 13.2 Å². The predicted molar refractivity (Wildman–Crippen MR) is 60.2 cm³/mol. The quantitative estimate of drug-likeness (QED) is 0.806. The van der Waals surface area contributed by atoms with E-state index in [1.165, 1.54) is 12.0 Å². The molecule has 2 nitrogen and oxygen atoms in total. The van der Waals surface area contributed by atoms with Gasteiger partial charge in [-0.05, 0) is 30.5 Å². The molecule has 1 aliphatic carbocycles. The van der Waals surface area contributed by atoms with Crippen LogP contribution in [0, 0.1) is 0 Å². The van der Waals surface area contributed by atoms with Gasteiger partial charge in [-0.15, -0.1) is 0 Å². The van der Waals surface area contributed by atoms with Crippen molar-refractivity contribution in [1.29, 1.82) is 0 Å². The second-order valence-corrected chi connectivity index (χ2v) is 4.23. The molecule has 1 saturated carbocycles. The van der Waals surface area contributed by atoms with Crippen molar-refractivity contribution in [2.45, 2.75) is 37.7 Å². The van der Waals surface area contributed by atoms with Crippen molar-refractivity contribution in [3.8, 4) is 5.75 Å². The van der Waals surface area contributed by atoms with Gasteiger partial charge < -0.3 is 9.84 Å². The molecule has 0 radical (unpaired) electrons. The first-order chi connectivity index (χ1) is 7.31. The summed E-state index contributed by atoms with van der Waals surface area (Å²) in [5.74, 6) is 1.18. The molecule has 2 atom stereocenters. The molecule has 0 spiro atoms. The highest BCUT2D eigenvalue weighted by Gasteiger charge is 2.24. The van der Waals surface area contributed by atoms with Crippen molar-refractivity contribution >= 4 is 0 Å². The van der Waals surface area contributed by atoms with Crippen LogP contribution in [-0.4, -0.2) is 18.3 Å². The highest BCUT2D eigenvalue weighted by molar-refractivity contribution is 5.31. The second kappa shape index (κ2) is 4.67. The SMILES string of the molecule is COc1cccc([C@H]2CCCC[C@H]2O)c1. The maximum absolute atomic E-state index is 9.95. The topological polar surface area (TPSA) is 29.5 Å². The summed E-state index contributed by atoms with van der Waals surface area (Å²) in [5, 5.41) is 9.95. The van der Waals surface area contributed by atoms with Crippen molar-refractivity contribution in [3.63, 3.8) is 0 Å². The Labute approximate surface area is 90.9 Å². The molecular formula is C13H18O2. The minimum atomic E-state index is -0.175. The van der Waals surface area contributed by atoms with Crippen molar-refractivity contribution in [1.82, 2.24) is 0 Å². The van der Waals surface area contributed by atoms with E-state index in [-0.39, 0.29) is 6.10 Å². The number of aliphatic hydroxyl groups excluding tert-OH is 1. The van der Waals surface area contributed by atoms with Gasteiger partial charge in [-0.2, -0.15) is 0 Å². The Bertz CT molecular complexity index is 322. The first-order valence-corrected chi connectivity index (χ1v) is 5.63. The molecule has 1 aromatic carbocycles. The van der Waals surface area contributed by atoms with Crippen molar-refractivity contribution in [3.05, 3.63) is 29.8 Å². The van der Waals surface area contributed by atoms with E-state index >= 15 is 0 Å². The van der Waals surface area contributed by atoms with E-state index in [4.69, 9.17) is 4.74 Å². The lowest BCUT2D eigenvalue weighted by Crippen LogP contribution is -2.22. The molecular weight excluding hydrogens is 188 g/mol. The maximum atomic E-state index is 9.95. The molecule has 0 bridgehead atoms. The Morgan fingerprint density at radius 2 is 2.07 bits per heavy atom. The van der Waals surface area contributed by atoms with Crippen LogP contribution in [0.4, 0.5) is 0 Å². The molecule has 1 aliphatic rings. The second-order valence-electron chi connectivity index (χ2n) is 4.23. The Morgan fingerprint density at radius 1 is 1.27 bits per heavy atom. The van der Waals surface area contributed by atoms with Gasteiger partial charge in [0.2, 0.25) is 0 Å². The van der Waals surface area contributed by atoms with Crippen LogP contribution in [-0.2, 0) is 0 Å². The van der Waals surface area contributed by atoms with Crippen LogP contribution in [0.3, 0.4) is 0 Å². The van der Waals surface area contributed by atoms with E-state index in [1.807, 2.05) is 18.2 Å². The molecule has 0 unspecified atom stereocenters. The fourth-order valence-electron chi connectivity index (χ4n) is 2.37. The van der Waals surface area contributed by atoms with Crippen LogP contribution in [0.5, 0.6) is 5.75 Å². The number of rotatable bonds is 2. The number of hydrogen-bond acceptors (Lipinski definition) is 2. The summed E-state index contributed by atoms with van der Waals surface area (Å²) in [6.45, 7) is 0. The van der Waals surface area contributed by atoms with E-state index in [1.54, 1.807) is 7.11 Å². The summed E-state index contributed by atoms with van der Waals surface area (Å²) < 4.78 is 5.20. The first kappa shape index (κ1) is 10.5. The van der Waals surface area contributed by atoms with Crippen molar-refractivity contribution < 1.29 is 9.84 Å². The van der Waals surface area contributed by atoms with Gasteiger partial charge >= 0.3 is 0 Å². The smallest absolute Gasteiger partial charge is 0.119 e. The van der Waals surface area contributed by atoms with Crippen molar-refractivity contribution in [2.24, 2.45) is 0 Å². The highest BCUT2D eigenvalue weighted by atomic mass is 16.5. The van der Waals surface area contributed by atoms with Crippen LogP contribution in [0.1, 0.15) is 37.2 Å². The molecule has 0 aromatic heterocycles. The van der Waals surface area contributed by atoms with Gasteiger partial charge in [0.1, 0.15) is 5.75 Å². The van der Waals surface area contributed by atoms with Crippen LogP contribution in [0.15, 0.2) is 24.3 Å². The van der Waals surface area contributed by atoms with Gasteiger partial charge in [-0.1, -0.05) is 25.0 Å². The van der Waals surface area contributed by atoms with Crippen molar-refractivity contribution in [2.75, 3.05) is 7.11 Å². The lowest BCUT2D eigenvalue weighted by molar-refractivity contribution is 0.106. The summed E-state index contributed by atoms with van der Waals surface area (Å²) in [6.07, 6.45) is 4.22. The summed E-state index contributed by atoms with van der Waals surface area (Å²) in [6, 6.07) is 8.06. The Morgan fingerprint density at radius 3 is 2.80 bits per heavy atom. The summed E-state index contributed by atoms with van der Waals surface area (Å²) in [5.41, 5.74) is 1.21. The fourth-order valence-corrected chi connectivity index (χ4v) is 2.37. The van der Waals surface area contributed by atoms with E-state index in [2.05, 4.69) is 6.07 Å². The third-order valence-electron chi connectivity index (χ3n) is 3.25. The molecule has 82 valence electrons. The Kier molecular flexibility index (Phi) is 3.27. The summed E-state index contributed by atoms with van der Waals surface area (Å²) in [4.78, 5) is 0. The van der Waals surface area contributed by atoms with Gasteiger partial charge in [0.25, 0.3) is 0 Å². The number of hydrogen-bond donors (Lipinski definition) is 1. The van der Waals surface area contributed by atoms with Crippen LogP contribution in [0.25, 0.3) is 0 Å². The van der Waals surface area contributed by atoms with E-state index < -0.39 is 0 Å². The molecule has 0 aliphatic heterocycles. The Balaban J connectivity index is 2.19. The molecule has 1 fully saturated rings. The highest BCUT2D eigenvalue weighted by Crippen LogP contribution is 2.34. The zero-order chi connectivity index (χ0) is 10.7. The standard InChI is InChI=1S/C13H18O2/c1-15-11-6-4-5-10(9-11)12-7-2-3-8-13(12)14/h4-6,9,12-14H,2-3,7-8H2,1H3/t12-,13-/m1/s1. The predicted octanol–water partition coefficient (Wildman–Crippen LogP) is 2.71. The minimum absolute atomic E-state index is 0.175. The lowest BCUT2D eigenvalue weighted by Gasteiger charge is -2.28. The lowest BCUT2D eigenvalue weighted by atomic mass is 9.82. The maximum Gasteiger partial charge on any atom is 0.119 e. The normalized spacial score (nSPS) is 26.3. The number of benzene rings is 1. The van der Waals surface area contributed by atoms with E-state index in [0.717, 1.165) is 25.0 Å². The fraction of sp³-hybridized carbons (Fsp3) is 0.538. The molecule has 0 saturated heterocycles. The zero-order valence-corrected chi connectivity index (χ0v) is 9.15. The third-order valence-corrected chi connectivity index (χ3v) is 3.25. The minimum Gasteiger partial charge on any atom is -0.497 e.